The molecule has 0 aliphatic carbocycles. The lowest BCUT2D eigenvalue weighted by molar-refractivity contribution is 1.70. The van der Waals surface area contributed by atoms with Crippen molar-refractivity contribution >= 4 is 59.0 Å². The van der Waals surface area contributed by atoms with Crippen molar-refractivity contribution in [2.45, 2.75) is 0 Å². The molecule has 0 aliphatic rings. The van der Waals surface area contributed by atoms with Crippen LogP contribution in [0.1, 0.15) is 11.0 Å². The van der Waals surface area contributed by atoms with Crippen LogP contribution in [0.15, 0.2) is 107 Å². The summed E-state index contributed by atoms with van der Waals surface area (Å²) >= 11 is 3.47. The minimum Gasteiger partial charge on any atom is -0.0616 e. The fraction of sp³-hybridized carbons (Fsp3) is 0. The summed E-state index contributed by atoms with van der Waals surface area (Å²) < 4.78 is 68.8. The summed E-state index contributed by atoms with van der Waals surface area (Å²) in [6.45, 7) is 0. The number of rotatable bonds is 1. The van der Waals surface area contributed by atoms with Crippen LogP contribution >= 0.6 is 15.9 Å². The second kappa shape index (κ2) is 6.43. The average Bonchev–Trinajstić information content (AvgIpc) is 2.91. The molecule has 6 aromatic rings. The normalized spacial score (nSPS) is 15.5. The van der Waals surface area contributed by atoms with Crippen LogP contribution in [0.5, 0.6) is 0 Å². The van der Waals surface area contributed by atoms with Crippen LogP contribution in [-0.4, -0.2) is 0 Å². The van der Waals surface area contributed by atoms with Gasteiger partial charge < -0.3 is 0 Å². The molecule has 136 valence electrons. The van der Waals surface area contributed by atoms with E-state index in [1.165, 1.54) is 0 Å². The molecule has 0 atom stereocenters. The lowest BCUT2D eigenvalue weighted by Gasteiger charge is -2.17. The quantitative estimate of drug-likeness (QED) is 0.177. The molecule has 0 fully saturated rings. The predicted octanol–water partition coefficient (Wildman–Crippen LogP) is 8.73. The van der Waals surface area contributed by atoms with Gasteiger partial charge in [0.15, 0.2) is 0 Å². The molecule has 6 aromatic carbocycles. The van der Waals surface area contributed by atoms with Gasteiger partial charge in [-0.15, -0.1) is 0 Å². The first kappa shape index (κ1) is 10.6. The zero-order valence-electron chi connectivity index (χ0n) is 23.1. The lowest BCUT2D eigenvalue weighted by atomic mass is 9.88. The van der Waals surface area contributed by atoms with Gasteiger partial charge in [-0.2, -0.15) is 0 Å². The Hall–Kier alpha value is -3.16. The number of hydrogen-bond donors (Lipinski definition) is 0. The molecule has 0 nitrogen and oxygen atoms in total. The largest absolute Gasteiger partial charge is 0.0630 e. The van der Waals surface area contributed by atoms with Gasteiger partial charge in [-0.05, 0) is 70.1 Å². The van der Waals surface area contributed by atoms with Gasteiger partial charge in [0.1, 0.15) is 0 Å². The molecule has 0 radical (unpaired) electrons. The van der Waals surface area contributed by atoms with Crippen molar-refractivity contribution in [2.24, 2.45) is 0 Å². The molecular weight excluding hydrogens is 416 g/mol. The Labute approximate surface area is 188 Å². The topological polar surface area (TPSA) is 0 Å². The highest BCUT2D eigenvalue weighted by Crippen LogP contribution is 2.44. The summed E-state index contributed by atoms with van der Waals surface area (Å²) in [5, 5.41) is 4.42. The first-order chi connectivity index (χ1) is 17.6. The maximum atomic E-state index is 8.88. The molecule has 0 saturated carbocycles. The van der Waals surface area contributed by atoms with Crippen molar-refractivity contribution in [3.05, 3.63) is 107 Å². The maximum absolute atomic E-state index is 8.88. The van der Waals surface area contributed by atoms with Crippen molar-refractivity contribution in [1.82, 2.24) is 0 Å². The fourth-order valence-corrected chi connectivity index (χ4v) is 4.71. The second-order valence-corrected chi connectivity index (χ2v) is 7.67. The predicted molar refractivity (Wildman–Crippen MR) is 130 cm³/mol. The minimum atomic E-state index is -0.410. The van der Waals surface area contributed by atoms with Crippen LogP contribution in [0.3, 0.4) is 0 Å². The van der Waals surface area contributed by atoms with E-state index in [4.69, 9.17) is 11.0 Å². The Kier molecular flexibility index (Phi) is 2.35. The summed E-state index contributed by atoms with van der Waals surface area (Å²) in [5.74, 6) is 0. The number of benzene rings is 6. The van der Waals surface area contributed by atoms with Crippen LogP contribution in [0, 0.1) is 0 Å². The van der Waals surface area contributed by atoms with E-state index in [0.29, 0.717) is 11.1 Å². The number of fused-ring (bicyclic) bond motifs is 5. The zero-order chi connectivity index (χ0) is 26.3. The lowest BCUT2D eigenvalue weighted by Crippen LogP contribution is -1.89. The van der Waals surface area contributed by atoms with E-state index < -0.39 is 24.2 Å². The summed E-state index contributed by atoms with van der Waals surface area (Å²) in [4.78, 5) is 0. The Morgan fingerprint density at radius 2 is 1.14 bits per heavy atom. The van der Waals surface area contributed by atoms with Gasteiger partial charge in [0.2, 0.25) is 0 Å². The average molecular weight is 441 g/mol. The molecule has 29 heavy (non-hydrogen) atoms. The van der Waals surface area contributed by atoms with E-state index in [1.807, 2.05) is 54.6 Å². The summed E-state index contributed by atoms with van der Waals surface area (Å²) in [5.41, 5.74) is 0.987. The Morgan fingerprint density at radius 3 is 1.86 bits per heavy atom. The highest BCUT2D eigenvalue weighted by molar-refractivity contribution is 9.10. The highest BCUT2D eigenvalue weighted by atomic mass is 79.9. The van der Waals surface area contributed by atoms with Crippen molar-refractivity contribution in [3.63, 3.8) is 0 Å². The fourth-order valence-electron chi connectivity index (χ4n) is 4.12. The molecule has 0 unspecified atom stereocenters. The first-order valence-corrected chi connectivity index (χ1v) is 9.96. The maximum Gasteiger partial charge on any atom is 0.0630 e. The van der Waals surface area contributed by atoms with E-state index in [1.54, 1.807) is 0 Å². The number of halogens is 1. The Bertz CT molecular complexity index is 1900. The molecule has 6 rings (SSSR count). The molecule has 0 spiro atoms. The van der Waals surface area contributed by atoms with Gasteiger partial charge in [0.25, 0.3) is 0 Å². The second-order valence-electron chi connectivity index (χ2n) is 6.88. The molecule has 0 saturated heterocycles. The van der Waals surface area contributed by atoms with Crippen molar-refractivity contribution in [3.8, 4) is 11.1 Å². The summed E-state index contributed by atoms with van der Waals surface area (Å²) in [7, 11) is 0. The first-order valence-electron chi connectivity index (χ1n) is 13.2. The summed E-state index contributed by atoms with van der Waals surface area (Å²) in [6, 6.07) is 14.8. The molecule has 0 heterocycles. The van der Waals surface area contributed by atoms with Gasteiger partial charge in [0, 0.05) is 4.47 Å². The van der Waals surface area contributed by atoms with Crippen LogP contribution in [0.2, 0.25) is 0 Å². The van der Waals surface area contributed by atoms with Crippen LogP contribution in [0.25, 0.3) is 54.2 Å². The molecule has 0 N–H and O–H groups in total. The van der Waals surface area contributed by atoms with E-state index >= 15 is 0 Å². The van der Waals surface area contributed by atoms with Crippen molar-refractivity contribution < 1.29 is 11.0 Å². The van der Waals surface area contributed by atoms with Crippen LogP contribution in [0.4, 0.5) is 0 Å². The van der Waals surface area contributed by atoms with E-state index in [2.05, 4.69) is 15.9 Å². The molecule has 0 aromatic heterocycles. The Morgan fingerprint density at radius 1 is 0.552 bits per heavy atom. The standard InChI is InChI=1S/C28H17Br/c29-28-23-13-5-3-11-21(23)27(22-12-4-6-14-24(22)28)25-15-7-9-19-17-16-18-8-1-2-10-20(18)26(19)25/h1-17H/i3D,4D,5D,6D,11D,12D,13D,14D. The van der Waals surface area contributed by atoms with Crippen LogP contribution < -0.4 is 0 Å². The minimum absolute atomic E-state index is 0.177. The molecule has 1 heteroatoms. The smallest absolute Gasteiger partial charge is 0.0616 e. The highest BCUT2D eigenvalue weighted by Gasteiger charge is 2.16. The van der Waals surface area contributed by atoms with Crippen molar-refractivity contribution in [1.29, 1.82) is 0 Å². The Balaban J connectivity index is 2.03. The molecule has 0 bridgehead atoms. The number of hydrogen-bond acceptors (Lipinski definition) is 0. The van der Waals surface area contributed by atoms with Gasteiger partial charge in [0.05, 0.1) is 11.0 Å². The third kappa shape index (κ3) is 2.44. The third-order valence-corrected chi connectivity index (χ3v) is 6.15. The van der Waals surface area contributed by atoms with E-state index in [9.17, 15) is 0 Å². The third-order valence-electron chi connectivity index (χ3n) is 5.35. The van der Waals surface area contributed by atoms with Crippen molar-refractivity contribution in [2.75, 3.05) is 0 Å². The SMILES string of the molecule is [2H]c1c([2H])c([2H])c2c(-c3cccc4ccc5ccccc5c34)c3c([2H])c([2H])c([2H])c([2H])c3c(Br)c2c1[2H]. The van der Waals surface area contributed by atoms with Gasteiger partial charge >= 0.3 is 0 Å². The molecule has 0 amide bonds. The molecule has 0 aliphatic heterocycles. The van der Waals surface area contributed by atoms with Gasteiger partial charge in [-0.3, -0.25) is 0 Å². The monoisotopic (exact) mass is 440 g/mol. The summed E-state index contributed by atoms with van der Waals surface area (Å²) in [6.07, 6.45) is 0. The van der Waals surface area contributed by atoms with Crippen LogP contribution in [-0.2, 0) is 0 Å². The van der Waals surface area contributed by atoms with E-state index in [0.717, 1.165) is 21.5 Å². The van der Waals surface area contributed by atoms with Gasteiger partial charge in [-0.25, -0.2) is 0 Å². The van der Waals surface area contributed by atoms with E-state index in [-0.39, 0.29) is 50.2 Å². The van der Waals surface area contributed by atoms with Gasteiger partial charge in [-0.1, -0.05) is 103 Å². The molecular formula is C28H17Br. The zero-order valence-corrected chi connectivity index (χ0v) is 16.7.